The summed E-state index contributed by atoms with van der Waals surface area (Å²) >= 11 is 0. The van der Waals surface area contributed by atoms with Crippen LogP contribution in [0.1, 0.15) is 36.8 Å². The van der Waals surface area contributed by atoms with Gasteiger partial charge in [0, 0.05) is 12.4 Å². The molecule has 0 aliphatic heterocycles. The van der Waals surface area contributed by atoms with Gasteiger partial charge in [0.05, 0.1) is 0 Å². The predicted octanol–water partition coefficient (Wildman–Crippen LogP) is 2.49. The Hall–Kier alpha value is -0.890. The van der Waals surface area contributed by atoms with Crippen molar-refractivity contribution < 1.29 is 0 Å². The Kier molecular flexibility index (Phi) is 3.37. The first-order valence-electron chi connectivity index (χ1n) is 5.94. The molecule has 1 heterocycles. The van der Waals surface area contributed by atoms with Crippen molar-refractivity contribution >= 4 is 0 Å². The van der Waals surface area contributed by atoms with Crippen molar-refractivity contribution in [2.75, 3.05) is 13.1 Å². The summed E-state index contributed by atoms with van der Waals surface area (Å²) in [6.45, 7) is 6.72. The number of nitrogens with one attached hydrogen (secondary N) is 1. The lowest BCUT2D eigenvalue weighted by molar-refractivity contribution is 0.619. The lowest BCUT2D eigenvalue weighted by Crippen LogP contribution is -2.17. The van der Waals surface area contributed by atoms with Crippen molar-refractivity contribution in [3.8, 4) is 0 Å². The van der Waals surface area contributed by atoms with E-state index in [0.29, 0.717) is 0 Å². The zero-order valence-corrected chi connectivity index (χ0v) is 9.66. The van der Waals surface area contributed by atoms with Crippen LogP contribution in [0, 0.1) is 12.8 Å². The van der Waals surface area contributed by atoms with Crippen molar-refractivity contribution in [3.63, 3.8) is 0 Å². The number of aryl methyl sites for hydroxylation is 1. The summed E-state index contributed by atoms with van der Waals surface area (Å²) in [6, 6.07) is 2.12. The molecule has 2 unspecified atom stereocenters. The maximum Gasteiger partial charge on any atom is 0.0305 e. The highest BCUT2D eigenvalue weighted by Gasteiger charge is 2.38. The minimum Gasteiger partial charge on any atom is -0.316 e. The average molecular weight is 204 g/mol. The SMILES string of the molecule is CCCNCC1CC1c1cnccc1C. The molecule has 0 saturated heterocycles. The summed E-state index contributed by atoms with van der Waals surface area (Å²) in [7, 11) is 0. The van der Waals surface area contributed by atoms with Crippen LogP contribution in [0.2, 0.25) is 0 Å². The number of rotatable bonds is 5. The molecule has 1 aromatic heterocycles. The van der Waals surface area contributed by atoms with Gasteiger partial charge < -0.3 is 5.32 Å². The van der Waals surface area contributed by atoms with Gasteiger partial charge in [-0.05, 0) is 61.9 Å². The van der Waals surface area contributed by atoms with E-state index in [0.717, 1.165) is 18.4 Å². The van der Waals surface area contributed by atoms with Crippen LogP contribution in [-0.4, -0.2) is 18.1 Å². The van der Waals surface area contributed by atoms with E-state index in [1.165, 1.54) is 30.5 Å². The maximum atomic E-state index is 4.22. The smallest absolute Gasteiger partial charge is 0.0305 e. The summed E-state index contributed by atoms with van der Waals surface area (Å²) < 4.78 is 0. The minimum absolute atomic E-state index is 0.767. The molecule has 15 heavy (non-hydrogen) atoms. The molecular formula is C13H20N2. The summed E-state index contributed by atoms with van der Waals surface area (Å²) in [4.78, 5) is 4.22. The second-order valence-electron chi connectivity index (χ2n) is 4.54. The lowest BCUT2D eigenvalue weighted by atomic mass is 10.1. The molecule has 1 aliphatic carbocycles. The molecule has 2 nitrogen and oxygen atoms in total. The quantitative estimate of drug-likeness (QED) is 0.745. The highest BCUT2D eigenvalue weighted by Crippen LogP contribution is 2.47. The molecule has 0 aromatic carbocycles. The molecule has 82 valence electrons. The topological polar surface area (TPSA) is 24.9 Å². The van der Waals surface area contributed by atoms with Crippen LogP contribution in [0.4, 0.5) is 0 Å². The van der Waals surface area contributed by atoms with Crippen molar-refractivity contribution in [3.05, 3.63) is 29.6 Å². The zero-order chi connectivity index (χ0) is 10.7. The number of hydrogen-bond donors (Lipinski definition) is 1. The molecule has 1 saturated carbocycles. The summed E-state index contributed by atoms with van der Waals surface area (Å²) in [6.07, 6.45) is 6.48. The van der Waals surface area contributed by atoms with Crippen molar-refractivity contribution in [1.29, 1.82) is 0 Å². The van der Waals surface area contributed by atoms with Gasteiger partial charge in [0.15, 0.2) is 0 Å². The van der Waals surface area contributed by atoms with E-state index in [2.05, 4.69) is 30.2 Å². The van der Waals surface area contributed by atoms with Crippen LogP contribution in [-0.2, 0) is 0 Å². The summed E-state index contributed by atoms with van der Waals surface area (Å²) in [5.41, 5.74) is 2.86. The Morgan fingerprint density at radius 1 is 1.53 bits per heavy atom. The third kappa shape index (κ3) is 2.57. The number of nitrogens with zero attached hydrogens (tertiary/aromatic N) is 1. The van der Waals surface area contributed by atoms with Crippen LogP contribution in [0.3, 0.4) is 0 Å². The van der Waals surface area contributed by atoms with E-state index >= 15 is 0 Å². The molecule has 1 aromatic rings. The fraction of sp³-hybridized carbons (Fsp3) is 0.615. The Morgan fingerprint density at radius 2 is 2.40 bits per heavy atom. The van der Waals surface area contributed by atoms with Crippen LogP contribution in [0.15, 0.2) is 18.5 Å². The van der Waals surface area contributed by atoms with E-state index in [1.54, 1.807) is 0 Å². The Balaban J connectivity index is 1.85. The van der Waals surface area contributed by atoms with Gasteiger partial charge in [-0.3, -0.25) is 4.98 Å². The van der Waals surface area contributed by atoms with Gasteiger partial charge in [-0.15, -0.1) is 0 Å². The molecule has 1 aliphatic rings. The summed E-state index contributed by atoms with van der Waals surface area (Å²) in [5, 5.41) is 3.50. The molecule has 0 spiro atoms. The van der Waals surface area contributed by atoms with Crippen LogP contribution < -0.4 is 5.32 Å². The Bertz CT molecular complexity index is 322. The largest absolute Gasteiger partial charge is 0.316 e. The standard InChI is InChI=1S/C13H20N2/c1-3-5-14-8-11-7-12(11)13-9-15-6-4-10(13)2/h4,6,9,11-12,14H,3,5,7-8H2,1-2H3. The van der Waals surface area contributed by atoms with Gasteiger partial charge in [-0.1, -0.05) is 6.92 Å². The first-order chi connectivity index (χ1) is 7.33. The van der Waals surface area contributed by atoms with Gasteiger partial charge in [-0.2, -0.15) is 0 Å². The van der Waals surface area contributed by atoms with Crippen molar-refractivity contribution in [2.24, 2.45) is 5.92 Å². The zero-order valence-electron chi connectivity index (χ0n) is 9.66. The van der Waals surface area contributed by atoms with Gasteiger partial charge in [0.1, 0.15) is 0 Å². The highest BCUT2D eigenvalue weighted by molar-refractivity contribution is 5.30. The highest BCUT2D eigenvalue weighted by atomic mass is 14.9. The van der Waals surface area contributed by atoms with Crippen LogP contribution in [0.5, 0.6) is 0 Å². The van der Waals surface area contributed by atoms with Crippen LogP contribution >= 0.6 is 0 Å². The monoisotopic (exact) mass is 204 g/mol. The van der Waals surface area contributed by atoms with E-state index in [9.17, 15) is 0 Å². The first kappa shape index (κ1) is 10.6. The molecule has 1 N–H and O–H groups in total. The molecule has 2 atom stereocenters. The minimum atomic E-state index is 0.767. The molecule has 2 rings (SSSR count). The Morgan fingerprint density at radius 3 is 3.13 bits per heavy atom. The van der Waals surface area contributed by atoms with E-state index < -0.39 is 0 Å². The maximum absolute atomic E-state index is 4.22. The lowest BCUT2D eigenvalue weighted by Gasteiger charge is -2.04. The van der Waals surface area contributed by atoms with Crippen molar-refractivity contribution in [2.45, 2.75) is 32.6 Å². The molecular weight excluding hydrogens is 184 g/mol. The van der Waals surface area contributed by atoms with Gasteiger partial charge >= 0.3 is 0 Å². The second kappa shape index (κ2) is 4.75. The number of hydrogen-bond acceptors (Lipinski definition) is 2. The third-order valence-electron chi connectivity index (χ3n) is 3.23. The predicted molar refractivity (Wildman–Crippen MR) is 63.0 cm³/mol. The van der Waals surface area contributed by atoms with E-state index in [-0.39, 0.29) is 0 Å². The third-order valence-corrected chi connectivity index (χ3v) is 3.23. The molecule has 0 amide bonds. The number of pyridine rings is 1. The molecule has 0 bridgehead atoms. The van der Waals surface area contributed by atoms with Gasteiger partial charge in [0.2, 0.25) is 0 Å². The van der Waals surface area contributed by atoms with Gasteiger partial charge in [-0.25, -0.2) is 0 Å². The Labute approximate surface area is 92.1 Å². The van der Waals surface area contributed by atoms with E-state index in [4.69, 9.17) is 0 Å². The average Bonchev–Trinajstić information content (AvgIpc) is 2.98. The first-order valence-corrected chi connectivity index (χ1v) is 5.94. The molecule has 2 heteroatoms. The van der Waals surface area contributed by atoms with E-state index in [1.807, 2.05) is 12.4 Å². The second-order valence-corrected chi connectivity index (χ2v) is 4.54. The van der Waals surface area contributed by atoms with Crippen molar-refractivity contribution in [1.82, 2.24) is 10.3 Å². The number of aromatic nitrogens is 1. The van der Waals surface area contributed by atoms with Crippen LogP contribution in [0.25, 0.3) is 0 Å². The molecule has 0 radical (unpaired) electrons. The fourth-order valence-corrected chi connectivity index (χ4v) is 2.18. The summed E-state index contributed by atoms with van der Waals surface area (Å²) in [5.74, 6) is 1.61. The normalized spacial score (nSPS) is 24.1. The fourth-order valence-electron chi connectivity index (χ4n) is 2.18. The van der Waals surface area contributed by atoms with Gasteiger partial charge in [0.25, 0.3) is 0 Å². The molecule has 1 fully saturated rings.